The molecule has 0 fully saturated rings. The molecular weight excluding hydrogens is 384 g/mol. The maximum absolute atomic E-state index is 12.9. The minimum atomic E-state index is -3.70. The first-order valence-corrected chi connectivity index (χ1v) is 10.6. The summed E-state index contributed by atoms with van der Waals surface area (Å²) in [6, 6.07) is 11.9. The number of halogens is 1. The van der Waals surface area contributed by atoms with E-state index >= 15 is 0 Å². The molecule has 0 bridgehead atoms. The molecule has 2 rings (SSSR count). The largest absolute Gasteiger partial charge is 0.339 e. The van der Waals surface area contributed by atoms with E-state index in [9.17, 15) is 13.2 Å². The van der Waals surface area contributed by atoms with Crippen LogP contribution in [0.5, 0.6) is 0 Å². The van der Waals surface area contributed by atoms with Gasteiger partial charge in [0.2, 0.25) is 10.0 Å². The molecule has 0 aliphatic heterocycles. The Balaban J connectivity index is 2.28. The van der Waals surface area contributed by atoms with Crippen LogP contribution in [0.4, 0.5) is 0 Å². The topological polar surface area (TPSA) is 57.7 Å². The summed E-state index contributed by atoms with van der Waals surface area (Å²) in [6.45, 7) is 6.96. The molecule has 0 saturated carbocycles. The van der Waals surface area contributed by atoms with Gasteiger partial charge in [-0.3, -0.25) is 4.79 Å². The molecule has 0 spiro atoms. The lowest BCUT2D eigenvalue weighted by molar-refractivity contribution is 0.0773. The second kappa shape index (κ2) is 8.87. The SMILES string of the molecule is CCN(CC)C(=O)c1cccc(CN(C)S(=O)(=O)c2cccc(Cl)c2C)c1. The zero-order chi connectivity index (χ0) is 20.2. The summed E-state index contributed by atoms with van der Waals surface area (Å²) in [7, 11) is -2.17. The third-order valence-electron chi connectivity index (χ3n) is 4.54. The Bertz CT molecular complexity index is 925. The normalized spacial score (nSPS) is 11.6. The van der Waals surface area contributed by atoms with Crippen LogP contribution in [0.25, 0.3) is 0 Å². The van der Waals surface area contributed by atoms with Gasteiger partial charge in [-0.1, -0.05) is 29.8 Å². The van der Waals surface area contributed by atoms with Gasteiger partial charge in [0.25, 0.3) is 5.91 Å². The molecule has 0 aliphatic rings. The summed E-state index contributed by atoms with van der Waals surface area (Å²) in [5, 5.41) is 0.413. The quantitative estimate of drug-likeness (QED) is 0.696. The molecule has 2 aromatic rings. The highest BCUT2D eigenvalue weighted by Crippen LogP contribution is 2.26. The van der Waals surface area contributed by atoms with Crippen LogP contribution in [0, 0.1) is 6.92 Å². The van der Waals surface area contributed by atoms with Crippen LogP contribution in [0.15, 0.2) is 47.4 Å². The van der Waals surface area contributed by atoms with Gasteiger partial charge in [0.15, 0.2) is 0 Å². The summed E-state index contributed by atoms with van der Waals surface area (Å²) >= 11 is 6.07. The van der Waals surface area contributed by atoms with E-state index in [1.807, 2.05) is 19.9 Å². The molecule has 5 nitrogen and oxygen atoms in total. The van der Waals surface area contributed by atoms with Crippen molar-refractivity contribution >= 4 is 27.5 Å². The molecule has 1 amide bonds. The molecule has 0 aromatic heterocycles. The highest BCUT2D eigenvalue weighted by molar-refractivity contribution is 7.89. The average Bonchev–Trinajstić information content (AvgIpc) is 2.64. The van der Waals surface area contributed by atoms with Gasteiger partial charge in [-0.25, -0.2) is 8.42 Å². The van der Waals surface area contributed by atoms with Gasteiger partial charge in [0.05, 0.1) is 4.90 Å². The van der Waals surface area contributed by atoms with E-state index in [1.54, 1.807) is 48.2 Å². The molecule has 0 unspecified atom stereocenters. The smallest absolute Gasteiger partial charge is 0.253 e. The van der Waals surface area contributed by atoms with Gasteiger partial charge in [-0.15, -0.1) is 0 Å². The van der Waals surface area contributed by atoms with Crippen molar-refractivity contribution < 1.29 is 13.2 Å². The molecule has 146 valence electrons. The fourth-order valence-electron chi connectivity index (χ4n) is 2.87. The molecule has 7 heteroatoms. The van der Waals surface area contributed by atoms with Crippen LogP contribution in [-0.2, 0) is 16.6 Å². The zero-order valence-corrected chi connectivity index (χ0v) is 17.6. The molecule has 0 heterocycles. The van der Waals surface area contributed by atoms with Crippen molar-refractivity contribution in [1.82, 2.24) is 9.21 Å². The number of hydrogen-bond donors (Lipinski definition) is 0. The number of hydrogen-bond acceptors (Lipinski definition) is 3. The summed E-state index contributed by atoms with van der Waals surface area (Å²) < 4.78 is 27.1. The van der Waals surface area contributed by atoms with Crippen molar-refractivity contribution in [3.05, 3.63) is 64.2 Å². The first-order chi connectivity index (χ1) is 12.7. The monoisotopic (exact) mass is 408 g/mol. The number of amides is 1. The number of nitrogens with zero attached hydrogens (tertiary/aromatic N) is 2. The van der Waals surface area contributed by atoms with E-state index in [0.29, 0.717) is 29.2 Å². The number of carbonyl (C=O) groups is 1. The second-order valence-electron chi connectivity index (χ2n) is 6.30. The van der Waals surface area contributed by atoms with E-state index in [4.69, 9.17) is 11.6 Å². The summed E-state index contributed by atoms with van der Waals surface area (Å²) in [5.74, 6) is -0.0574. The number of rotatable bonds is 7. The minimum Gasteiger partial charge on any atom is -0.339 e. The van der Waals surface area contributed by atoms with Crippen molar-refractivity contribution in [3.8, 4) is 0 Å². The average molecular weight is 409 g/mol. The van der Waals surface area contributed by atoms with Crippen LogP contribution in [0.1, 0.15) is 35.3 Å². The van der Waals surface area contributed by atoms with Gasteiger partial charge in [0.1, 0.15) is 0 Å². The second-order valence-corrected chi connectivity index (χ2v) is 8.72. The Hall–Kier alpha value is -1.89. The molecule has 0 radical (unpaired) electrons. The number of benzene rings is 2. The van der Waals surface area contributed by atoms with Crippen molar-refractivity contribution in [2.24, 2.45) is 0 Å². The van der Waals surface area contributed by atoms with Crippen molar-refractivity contribution in [1.29, 1.82) is 0 Å². The van der Waals surface area contributed by atoms with Gasteiger partial charge in [0, 0.05) is 37.3 Å². The standard InChI is InChI=1S/C20H25ClN2O3S/c1-5-23(6-2)20(24)17-10-7-9-16(13-17)14-22(4)27(25,26)19-12-8-11-18(21)15(19)3/h7-13H,5-6,14H2,1-4H3. The van der Waals surface area contributed by atoms with Crippen LogP contribution in [0.2, 0.25) is 5.02 Å². The third-order valence-corrected chi connectivity index (χ3v) is 6.89. The Labute approximate surface area is 166 Å². The highest BCUT2D eigenvalue weighted by Gasteiger charge is 2.24. The Kier molecular flexibility index (Phi) is 7.03. The van der Waals surface area contributed by atoms with Crippen LogP contribution >= 0.6 is 11.6 Å². The van der Waals surface area contributed by atoms with E-state index in [0.717, 1.165) is 5.56 Å². The molecule has 27 heavy (non-hydrogen) atoms. The number of sulfonamides is 1. The Morgan fingerprint density at radius 3 is 2.33 bits per heavy atom. The van der Waals surface area contributed by atoms with Crippen LogP contribution in [-0.4, -0.2) is 43.7 Å². The summed E-state index contributed by atoms with van der Waals surface area (Å²) in [4.78, 5) is 14.4. The summed E-state index contributed by atoms with van der Waals surface area (Å²) in [6.07, 6.45) is 0. The molecule has 0 aliphatic carbocycles. The minimum absolute atomic E-state index is 0.0574. The lowest BCUT2D eigenvalue weighted by Crippen LogP contribution is -2.30. The zero-order valence-electron chi connectivity index (χ0n) is 16.1. The van der Waals surface area contributed by atoms with Gasteiger partial charge in [-0.2, -0.15) is 4.31 Å². The molecular formula is C20H25ClN2O3S. The van der Waals surface area contributed by atoms with E-state index in [-0.39, 0.29) is 17.3 Å². The lowest BCUT2D eigenvalue weighted by Gasteiger charge is -2.21. The van der Waals surface area contributed by atoms with Gasteiger partial charge >= 0.3 is 0 Å². The lowest BCUT2D eigenvalue weighted by atomic mass is 10.1. The maximum atomic E-state index is 12.9. The maximum Gasteiger partial charge on any atom is 0.253 e. The first-order valence-electron chi connectivity index (χ1n) is 8.82. The third kappa shape index (κ3) is 4.69. The predicted octanol–water partition coefficient (Wildman–Crippen LogP) is 3.95. The van der Waals surface area contributed by atoms with E-state index in [1.165, 1.54) is 11.4 Å². The van der Waals surface area contributed by atoms with Crippen LogP contribution < -0.4 is 0 Å². The number of carbonyl (C=O) groups excluding carboxylic acids is 1. The van der Waals surface area contributed by atoms with E-state index < -0.39 is 10.0 Å². The molecule has 0 N–H and O–H groups in total. The Morgan fingerprint density at radius 2 is 1.70 bits per heavy atom. The van der Waals surface area contributed by atoms with Crippen molar-refractivity contribution in [3.63, 3.8) is 0 Å². The van der Waals surface area contributed by atoms with E-state index in [2.05, 4.69) is 0 Å². The molecule has 0 saturated heterocycles. The van der Waals surface area contributed by atoms with Crippen LogP contribution in [0.3, 0.4) is 0 Å². The molecule has 0 atom stereocenters. The fourth-order valence-corrected chi connectivity index (χ4v) is 4.51. The molecule has 2 aromatic carbocycles. The first kappa shape index (κ1) is 21.4. The Morgan fingerprint density at radius 1 is 1.07 bits per heavy atom. The van der Waals surface area contributed by atoms with Crippen molar-refractivity contribution in [2.45, 2.75) is 32.2 Å². The fraction of sp³-hybridized carbons (Fsp3) is 0.350. The van der Waals surface area contributed by atoms with Gasteiger partial charge < -0.3 is 4.90 Å². The predicted molar refractivity (Wildman–Crippen MR) is 109 cm³/mol. The van der Waals surface area contributed by atoms with Crippen molar-refractivity contribution in [2.75, 3.05) is 20.1 Å². The highest BCUT2D eigenvalue weighted by atomic mass is 35.5. The summed E-state index contributed by atoms with van der Waals surface area (Å²) in [5.41, 5.74) is 1.83. The van der Waals surface area contributed by atoms with Gasteiger partial charge in [-0.05, 0) is 56.2 Å².